The minimum atomic E-state index is -0.276. The Morgan fingerprint density at radius 2 is 1.71 bits per heavy atom. The van der Waals surface area contributed by atoms with E-state index in [1.807, 2.05) is 92.7 Å². The molecule has 2 heterocycles. The van der Waals surface area contributed by atoms with Crippen LogP contribution in [0, 0.1) is 13.8 Å². The molecule has 5 aromatic rings. The highest BCUT2D eigenvalue weighted by atomic mass is 16.5. The van der Waals surface area contributed by atoms with Crippen molar-refractivity contribution >= 4 is 11.6 Å². The number of hydrogen-bond donors (Lipinski definition) is 1. The minimum absolute atomic E-state index is 0.276. The Bertz CT molecular complexity index is 1480. The molecule has 0 aliphatic rings. The van der Waals surface area contributed by atoms with Crippen LogP contribution in [0.2, 0.25) is 0 Å². The second-order valence-corrected chi connectivity index (χ2v) is 8.10. The molecule has 3 aromatic carbocycles. The molecule has 5 rings (SSSR count). The molecule has 0 saturated carbocycles. The molecule has 1 N–H and O–H groups in total. The number of hydrogen-bond acceptors (Lipinski definition) is 5. The van der Waals surface area contributed by atoms with Crippen LogP contribution in [-0.2, 0) is 0 Å². The van der Waals surface area contributed by atoms with E-state index in [2.05, 4.69) is 10.3 Å². The van der Waals surface area contributed by atoms with Crippen LogP contribution in [-0.4, -0.2) is 27.8 Å². The number of aromatic nitrogens is 3. The third kappa shape index (κ3) is 4.56. The van der Waals surface area contributed by atoms with Crippen molar-refractivity contribution in [1.29, 1.82) is 0 Å². The van der Waals surface area contributed by atoms with E-state index >= 15 is 0 Å². The zero-order valence-electron chi connectivity index (χ0n) is 19.6. The molecule has 174 valence electrons. The standard InChI is InChI=1S/C28H24N4O3/c1-18-19(2)35-28(29-18)21-10-7-11-22(15-21)30-27(33)25-17-32(23-12-5-4-6-13-23)31-26(25)20-9-8-14-24(16-20)34-3/h4-17H,1-3H3,(H,30,33). The topological polar surface area (TPSA) is 82.2 Å². The summed E-state index contributed by atoms with van der Waals surface area (Å²) in [7, 11) is 1.61. The number of aryl methyl sites for hydroxylation is 2. The van der Waals surface area contributed by atoms with E-state index in [9.17, 15) is 4.79 Å². The molecule has 0 aliphatic heterocycles. The summed E-state index contributed by atoms with van der Waals surface area (Å²) in [6.07, 6.45) is 1.74. The van der Waals surface area contributed by atoms with Gasteiger partial charge in [0.15, 0.2) is 0 Å². The third-order valence-electron chi connectivity index (χ3n) is 5.72. The number of carbonyl (C=O) groups is 1. The lowest BCUT2D eigenvalue weighted by atomic mass is 10.1. The number of nitrogens with zero attached hydrogens (tertiary/aromatic N) is 3. The summed E-state index contributed by atoms with van der Waals surface area (Å²) in [5, 5.41) is 7.74. The van der Waals surface area contributed by atoms with Crippen molar-refractivity contribution in [2.75, 3.05) is 12.4 Å². The van der Waals surface area contributed by atoms with E-state index in [1.54, 1.807) is 18.0 Å². The Labute approximate surface area is 203 Å². The Hall–Kier alpha value is -4.65. The second-order valence-electron chi connectivity index (χ2n) is 8.10. The number of para-hydroxylation sites is 1. The lowest BCUT2D eigenvalue weighted by Gasteiger charge is -2.07. The van der Waals surface area contributed by atoms with Gasteiger partial charge in [0.1, 0.15) is 17.2 Å². The normalized spacial score (nSPS) is 10.8. The van der Waals surface area contributed by atoms with Crippen molar-refractivity contribution in [3.63, 3.8) is 0 Å². The van der Waals surface area contributed by atoms with Crippen LogP contribution in [0.25, 0.3) is 28.4 Å². The molecule has 7 heteroatoms. The number of rotatable bonds is 6. The molecule has 7 nitrogen and oxygen atoms in total. The molecule has 2 aromatic heterocycles. The van der Waals surface area contributed by atoms with Crippen LogP contribution in [0.1, 0.15) is 21.8 Å². The molecule has 0 aliphatic carbocycles. The summed E-state index contributed by atoms with van der Waals surface area (Å²) in [5.41, 5.74) is 4.88. The van der Waals surface area contributed by atoms with Gasteiger partial charge >= 0.3 is 0 Å². The summed E-state index contributed by atoms with van der Waals surface area (Å²) in [4.78, 5) is 17.9. The van der Waals surface area contributed by atoms with E-state index in [-0.39, 0.29) is 5.91 Å². The predicted octanol–water partition coefficient (Wildman–Crippen LogP) is 6.07. The molecule has 35 heavy (non-hydrogen) atoms. The number of methoxy groups -OCH3 is 1. The molecule has 0 fully saturated rings. The van der Waals surface area contributed by atoms with Crippen molar-refractivity contribution in [2.45, 2.75) is 13.8 Å². The van der Waals surface area contributed by atoms with Crippen LogP contribution in [0.4, 0.5) is 5.69 Å². The van der Waals surface area contributed by atoms with E-state index in [4.69, 9.17) is 14.3 Å². The van der Waals surface area contributed by atoms with Crippen molar-refractivity contribution < 1.29 is 13.9 Å². The highest BCUT2D eigenvalue weighted by Crippen LogP contribution is 2.29. The average Bonchev–Trinajstić information content (AvgIpc) is 3.49. The van der Waals surface area contributed by atoms with Gasteiger partial charge < -0.3 is 14.5 Å². The number of oxazole rings is 1. The van der Waals surface area contributed by atoms with Crippen LogP contribution in [0.3, 0.4) is 0 Å². The molecule has 0 saturated heterocycles. The fourth-order valence-corrected chi connectivity index (χ4v) is 3.76. The van der Waals surface area contributed by atoms with Crippen molar-refractivity contribution in [1.82, 2.24) is 14.8 Å². The smallest absolute Gasteiger partial charge is 0.259 e. The van der Waals surface area contributed by atoms with Crippen molar-refractivity contribution in [3.05, 3.63) is 102 Å². The highest BCUT2D eigenvalue weighted by Gasteiger charge is 2.20. The fraction of sp³-hybridized carbons (Fsp3) is 0.107. The Morgan fingerprint density at radius 3 is 2.46 bits per heavy atom. The van der Waals surface area contributed by atoms with E-state index in [1.165, 1.54) is 0 Å². The van der Waals surface area contributed by atoms with Crippen LogP contribution >= 0.6 is 0 Å². The number of carbonyl (C=O) groups excluding carboxylic acids is 1. The van der Waals surface area contributed by atoms with E-state index < -0.39 is 0 Å². The third-order valence-corrected chi connectivity index (χ3v) is 5.72. The van der Waals surface area contributed by atoms with Gasteiger partial charge in [0, 0.05) is 23.0 Å². The summed E-state index contributed by atoms with van der Waals surface area (Å²) < 4.78 is 12.8. The van der Waals surface area contributed by atoms with Gasteiger partial charge in [-0.05, 0) is 56.3 Å². The van der Waals surface area contributed by atoms with Gasteiger partial charge in [0.2, 0.25) is 5.89 Å². The van der Waals surface area contributed by atoms with Crippen LogP contribution in [0.5, 0.6) is 5.75 Å². The van der Waals surface area contributed by atoms with Crippen molar-refractivity contribution in [2.24, 2.45) is 0 Å². The molecular formula is C28H24N4O3. The number of nitrogens with one attached hydrogen (secondary N) is 1. The number of anilines is 1. The van der Waals surface area contributed by atoms with Gasteiger partial charge in [0.25, 0.3) is 5.91 Å². The van der Waals surface area contributed by atoms with Gasteiger partial charge in [-0.2, -0.15) is 5.10 Å². The van der Waals surface area contributed by atoms with E-state index in [0.29, 0.717) is 28.6 Å². The zero-order chi connectivity index (χ0) is 24.4. The zero-order valence-corrected chi connectivity index (χ0v) is 19.6. The lowest BCUT2D eigenvalue weighted by molar-refractivity contribution is 0.102. The SMILES string of the molecule is COc1cccc(-c2nn(-c3ccccc3)cc2C(=O)Nc2cccc(-c3nc(C)c(C)o3)c2)c1. The number of amides is 1. The van der Waals surface area contributed by atoms with Crippen molar-refractivity contribution in [3.8, 4) is 34.1 Å². The minimum Gasteiger partial charge on any atom is -0.497 e. The first kappa shape index (κ1) is 22.2. The Morgan fingerprint density at radius 1 is 0.943 bits per heavy atom. The first-order valence-corrected chi connectivity index (χ1v) is 11.2. The van der Waals surface area contributed by atoms with Gasteiger partial charge in [-0.1, -0.05) is 36.4 Å². The molecule has 1 amide bonds. The number of ether oxygens (including phenoxy) is 1. The average molecular weight is 465 g/mol. The maximum absolute atomic E-state index is 13.5. The van der Waals surface area contributed by atoms with Gasteiger partial charge in [0.05, 0.1) is 24.1 Å². The second kappa shape index (κ2) is 9.30. The first-order chi connectivity index (χ1) is 17.0. The maximum atomic E-state index is 13.5. The lowest BCUT2D eigenvalue weighted by Crippen LogP contribution is -2.12. The first-order valence-electron chi connectivity index (χ1n) is 11.2. The molecule has 0 atom stereocenters. The van der Waals surface area contributed by atoms with Gasteiger partial charge in [-0.15, -0.1) is 0 Å². The highest BCUT2D eigenvalue weighted by molar-refractivity contribution is 6.08. The predicted molar refractivity (Wildman–Crippen MR) is 135 cm³/mol. The largest absolute Gasteiger partial charge is 0.497 e. The number of benzene rings is 3. The maximum Gasteiger partial charge on any atom is 0.259 e. The summed E-state index contributed by atoms with van der Waals surface area (Å²) >= 11 is 0. The van der Waals surface area contributed by atoms with Crippen LogP contribution < -0.4 is 10.1 Å². The van der Waals surface area contributed by atoms with Crippen LogP contribution in [0.15, 0.2) is 89.5 Å². The molecular weight excluding hydrogens is 440 g/mol. The molecule has 0 radical (unpaired) electrons. The monoisotopic (exact) mass is 464 g/mol. The molecule has 0 spiro atoms. The van der Waals surface area contributed by atoms with Gasteiger partial charge in [-0.3, -0.25) is 4.79 Å². The Kier molecular flexibility index (Phi) is 5.89. The van der Waals surface area contributed by atoms with Gasteiger partial charge in [-0.25, -0.2) is 9.67 Å². The summed E-state index contributed by atoms with van der Waals surface area (Å²) in [6, 6.07) is 24.6. The van der Waals surface area contributed by atoms with E-state index in [0.717, 1.165) is 28.3 Å². The molecule has 0 bridgehead atoms. The molecule has 0 unspecified atom stereocenters. The Balaban J connectivity index is 1.51. The summed E-state index contributed by atoms with van der Waals surface area (Å²) in [5.74, 6) is 1.70. The summed E-state index contributed by atoms with van der Waals surface area (Å²) in [6.45, 7) is 3.78. The fourth-order valence-electron chi connectivity index (χ4n) is 3.76. The quantitative estimate of drug-likeness (QED) is 0.330.